The summed E-state index contributed by atoms with van der Waals surface area (Å²) in [4.78, 5) is 36.9. The van der Waals surface area contributed by atoms with E-state index in [0.717, 1.165) is 5.56 Å². The number of aromatic nitrogens is 1. The monoisotopic (exact) mass is 356 g/mol. The quantitative estimate of drug-likeness (QED) is 0.544. The first-order chi connectivity index (χ1) is 10.8. The van der Waals surface area contributed by atoms with Gasteiger partial charge in [0, 0.05) is 19.3 Å². The molecule has 0 aliphatic heterocycles. The Kier molecular flexibility index (Phi) is 10.2. The van der Waals surface area contributed by atoms with Gasteiger partial charge in [-0.2, -0.15) is 5.26 Å². The minimum Gasteiger partial charge on any atom is -0.464 e. The van der Waals surface area contributed by atoms with E-state index in [0.29, 0.717) is 13.1 Å². The first kappa shape index (κ1) is 20.8. The number of methoxy groups -OCH3 is 1. The van der Waals surface area contributed by atoms with E-state index in [2.05, 4.69) is 40.7 Å². The van der Waals surface area contributed by atoms with Crippen molar-refractivity contribution < 1.29 is 19.1 Å². The zero-order chi connectivity index (χ0) is 17.8. The number of hydrogen-bond acceptors (Lipinski definition) is 6. The highest BCUT2D eigenvalue weighted by molar-refractivity contribution is 7.96. The van der Waals surface area contributed by atoms with Crippen LogP contribution in [0.4, 0.5) is 9.59 Å². The van der Waals surface area contributed by atoms with Crippen molar-refractivity contribution in [2.75, 3.05) is 13.7 Å². The molecule has 0 atom stereocenters. The van der Waals surface area contributed by atoms with Gasteiger partial charge in [-0.1, -0.05) is 31.3 Å². The molecule has 0 fully saturated rings. The van der Waals surface area contributed by atoms with Crippen molar-refractivity contribution in [3.05, 3.63) is 29.6 Å². The Morgan fingerprint density at radius 2 is 2.00 bits per heavy atom. The smallest absolute Gasteiger partial charge is 0.356 e. The summed E-state index contributed by atoms with van der Waals surface area (Å²) in [6.45, 7) is 0.593. The Hall–Kier alpha value is -2.25. The van der Waals surface area contributed by atoms with E-state index in [-0.39, 0.29) is 12.1 Å². The number of nitrogens with two attached hydrogens (primary N) is 1. The van der Waals surface area contributed by atoms with E-state index >= 15 is 0 Å². The normalized spacial score (nSPS) is 8.96. The number of rotatable bonds is 5. The maximum absolute atomic E-state index is 11.3. The SMILES string of the molecule is COC(=O)c1ccc(CN(CCC#N)C(=O)S)cn1.NC(=O)S. The number of esters is 1. The average Bonchev–Trinajstić information content (AvgIpc) is 2.50. The van der Waals surface area contributed by atoms with E-state index in [1.165, 1.54) is 24.3 Å². The average molecular weight is 356 g/mol. The fraction of sp³-hybridized carbons (Fsp3) is 0.308. The summed E-state index contributed by atoms with van der Waals surface area (Å²) >= 11 is 6.85. The van der Waals surface area contributed by atoms with Crippen LogP contribution in [0.15, 0.2) is 18.3 Å². The zero-order valence-corrected chi connectivity index (χ0v) is 14.1. The molecule has 1 heterocycles. The third kappa shape index (κ3) is 9.38. The molecule has 10 heteroatoms. The summed E-state index contributed by atoms with van der Waals surface area (Å²) in [5.74, 6) is -0.516. The van der Waals surface area contributed by atoms with Crippen LogP contribution in [-0.2, 0) is 11.3 Å². The number of carbonyl (C=O) groups excluding carboxylic acids is 3. The van der Waals surface area contributed by atoms with Crippen LogP contribution in [-0.4, -0.2) is 40.0 Å². The van der Waals surface area contributed by atoms with Gasteiger partial charge in [-0.15, -0.1) is 0 Å². The van der Waals surface area contributed by atoms with Crippen LogP contribution < -0.4 is 5.73 Å². The maximum atomic E-state index is 11.3. The van der Waals surface area contributed by atoms with Crippen molar-refractivity contribution in [1.82, 2.24) is 9.88 Å². The standard InChI is InChI=1S/C12H13N3O3S.CH3NOS/c1-18-11(16)10-4-3-9(7-14-10)8-15(12(17)19)6-2-5-13;2-1(3)4/h3-4,7H,2,6,8H2,1H3,(H,17,19);(H3,2,3,4). The van der Waals surface area contributed by atoms with Crippen LogP contribution >= 0.6 is 25.3 Å². The largest absolute Gasteiger partial charge is 0.464 e. The minimum absolute atomic E-state index is 0.201. The molecule has 124 valence electrons. The molecule has 23 heavy (non-hydrogen) atoms. The lowest BCUT2D eigenvalue weighted by Crippen LogP contribution is -2.26. The molecule has 8 nitrogen and oxygen atoms in total. The van der Waals surface area contributed by atoms with Crippen LogP contribution in [0.2, 0.25) is 0 Å². The van der Waals surface area contributed by atoms with Crippen LogP contribution in [0.1, 0.15) is 22.5 Å². The topological polar surface area (TPSA) is 126 Å². The summed E-state index contributed by atoms with van der Waals surface area (Å²) in [6.07, 6.45) is 1.72. The van der Waals surface area contributed by atoms with Crippen LogP contribution in [0.3, 0.4) is 0 Å². The first-order valence-electron chi connectivity index (χ1n) is 6.18. The van der Waals surface area contributed by atoms with Crippen LogP contribution in [0.5, 0.6) is 0 Å². The molecule has 1 aromatic heterocycles. The molecule has 2 N–H and O–H groups in total. The molecule has 2 amide bonds. The first-order valence-corrected chi connectivity index (χ1v) is 7.07. The number of amides is 2. The molecule has 1 rings (SSSR count). The highest BCUT2D eigenvalue weighted by Crippen LogP contribution is 2.08. The Morgan fingerprint density at radius 1 is 1.39 bits per heavy atom. The minimum atomic E-state index is -0.639. The highest BCUT2D eigenvalue weighted by atomic mass is 32.1. The molecular weight excluding hydrogens is 340 g/mol. The number of primary amides is 1. The van der Waals surface area contributed by atoms with E-state index in [9.17, 15) is 9.59 Å². The Bertz CT molecular complexity index is 583. The lowest BCUT2D eigenvalue weighted by atomic mass is 10.2. The Morgan fingerprint density at radius 3 is 2.39 bits per heavy atom. The number of hydrogen-bond donors (Lipinski definition) is 3. The molecule has 0 bridgehead atoms. The maximum Gasteiger partial charge on any atom is 0.356 e. The van der Waals surface area contributed by atoms with Crippen molar-refractivity contribution in [3.8, 4) is 6.07 Å². The Labute approximate surface area is 144 Å². The van der Waals surface area contributed by atoms with Gasteiger partial charge in [-0.3, -0.25) is 9.59 Å². The van der Waals surface area contributed by atoms with E-state index in [1.807, 2.05) is 6.07 Å². The number of thiol groups is 2. The van der Waals surface area contributed by atoms with Gasteiger partial charge in [0.05, 0.1) is 19.6 Å². The van der Waals surface area contributed by atoms with Crippen LogP contribution in [0.25, 0.3) is 0 Å². The van der Waals surface area contributed by atoms with Gasteiger partial charge in [-0.25, -0.2) is 9.78 Å². The molecule has 0 aliphatic carbocycles. The Balaban J connectivity index is 0.00000108. The van der Waals surface area contributed by atoms with Gasteiger partial charge in [0.25, 0.3) is 10.5 Å². The predicted octanol–water partition coefficient (Wildman–Crippen LogP) is 1.63. The summed E-state index contributed by atoms with van der Waals surface area (Å²) in [5, 5.41) is 7.46. The van der Waals surface area contributed by atoms with Gasteiger partial charge in [0.1, 0.15) is 5.69 Å². The zero-order valence-electron chi connectivity index (χ0n) is 12.3. The van der Waals surface area contributed by atoms with E-state index in [4.69, 9.17) is 10.1 Å². The van der Waals surface area contributed by atoms with Gasteiger partial charge < -0.3 is 15.4 Å². The number of pyridine rings is 1. The van der Waals surface area contributed by atoms with E-state index < -0.39 is 16.4 Å². The van der Waals surface area contributed by atoms with Gasteiger partial charge in [0.15, 0.2) is 0 Å². The van der Waals surface area contributed by atoms with E-state index in [1.54, 1.807) is 6.07 Å². The fourth-order valence-electron chi connectivity index (χ4n) is 1.39. The van der Waals surface area contributed by atoms with Crippen molar-refractivity contribution in [1.29, 1.82) is 5.26 Å². The molecule has 0 unspecified atom stereocenters. The van der Waals surface area contributed by atoms with Crippen molar-refractivity contribution in [2.45, 2.75) is 13.0 Å². The second-order valence-corrected chi connectivity index (χ2v) is 4.82. The lowest BCUT2D eigenvalue weighted by molar-refractivity contribution is 0.0594. The molecule has 0 aliphatic rings. The molecule has 1 aromatic rings. The van der Waals surface area contributed by atoms with Crippen LogP contribution in [0, 0.1) is 11.3 Å². The summed E-state index contributed by atoms with van der Waals surface area (Å²) < 4.78 is 4.53. The third-order valence-electron chi connectivity index (χ3n) is 2.36. The summed E-state index contributed by atoms with van der Waals surface area (Å²) in [7, 11) is 1.28. The molecule has 0 spiro atoms. The summed E-state index contributed by atoms with van der Waals surface area (Å²) in [6, 6.07) is 5.16. The second-order valence-electron chi connectivity index (χ2n) is 3.99. The summed E-state index contributed by atoms with van der Waals surface area (Å²) in [5.41, 5.74) is 5.28. The second kappa shape index (κ2) is 11.3. The fourth-order valence-corrected chi connectivity index (χ4v) is 1.56. The number of ether oxygens (including phenoxy) is 1. The molecule has 0 saturated carbocycles. The molecule has 0 radical (unpaired) electrons. The highest BCUT2D eigenvalue weighted by Gasteiger charge is 2.11. The van der Waals surface area contributed by atoms with Crippen molar-refractivity contribution in [3.63, 3.8) is 0 Å². The third-order valence-corrected chi connectivity index (χ3v) is 2.64. The van der Waals surface area contributed by atoms with Gasteiger partial charge >= 0.3 is 5.97 Å². The molecule has 0 aromatic carbocycles. The van der Waals surface area contributed by atoms with Crippen molar-refractivity contribution >= 4 is 41.7 Å². The van der Waals surface area contributed by atoms with Gasteiger partial charge in [-0.05, 0) is 11.6 Å². The predicted molar refractivity (Wildman–Crippen MR) is 89.2 cm³/mol. The number of carbonyl (C=O) groups is 3. The number of nitrogens with zero attached hydrogens (tertiary/aromatic N) is 3. The molecule has 0 saturated heterocycles. The van der Waals surface area contributed by atoms with Gasteiger partial charge in [0.2, 0.25) is 0 Å². The molecular formula is C13H16N4O4S2. The van der Waals surface area contributed by atoms with Crippen molar-refractivity contribution in [2.24, 2.45) is 5.73 Å². The number of nitriles is 1. The lowest BCUT2D eigenvalue weighted by Gasteiger charge is -2.18.